The average Bonchev–Trinajstić information content (AvgIpc) is 3.39. The molecule has 160 valence electrons. The lowest BCUT2D eigenvalue weighted by Gasteiger charge is -2.20. The Morgan fingerprint density at radius 3 is 2.76 bits per heavy atom. The van der Waals surface area contributed by atoms with Crippen molar-refractivity contribution in [1.82, 2.24) is 10.6 Å². The molecule has 1 saturated heterocycles. The first-order valence-corrected chi connectivity index (χ1v) is 11.0. The highest BCUT2D eigenvalue weighted by molar-refractivity contribution is 14.0. The predicted molar refractivity (Wildman–Crippen MR) is 135 cm³/mol. The van der Waals surface area contributed by atoms with Gasteiger partial charge in [0.2, 0.25) is 0 Å². The van der Waals surface area contributed by atoms with E-state index in [1.807, 2.05) is 17.4 Å². The van der Waals surface area contributed by atoms with Crippen LogP contribution in [-0.4, -0.2) is 39.2 Å². The largest absolute Gasteiger partial charge is 0.497 e. The van der Waals surface area contributed by atoms with Gasteiger partial charge in [0.05, 0.1) is 13.7 Å². The summed E-state index contributed by atoms with van der Waals surface area (Å²) in [5.41, 5.74) is 1.24. The molecule has 2 heterocycles. The van der Waals surface area contributed by atoms with Gasteiger partial charge in [0.1, 0.15) is 5.75 Å². The van der Waals surface area contributed by atoms with Crippen molar-refractivity contribution in [2.24, 2.45) is 10.9 Å². The van der Waals surface area contributed by atoms with Crippen LogP contribution in [0.5, 0.6) is 5.75 Å². The van der Waals surface area contributed by atoms with Crippen molar-refractivity contribution in [3.8, 4) is 5.75 Å². The lowest BCUT2D eigenvalue weighted by molar-refractivity contribution is 0.415. The number of aryl methyl sites for hydroxylation is 1. The predicted octanol–water partition coefficient (Wildman–Crippen LogP) is 4.52. The molecule has 1 aromatic carbocycles. The molecule has 0 radical (unpaired) electrons. The number of benzene rings is 1. The van der Waals surface area contributed by atoms with Gasteiger partial charge in [0.25, 0.3) is 0 Å². The molecule has 0 spiro atoms. The van der Waals surface area contributed by atoms with E-state index in [0.29, 0.717) is 5.92 Å². The van der Waals surface area contributed by atoms with Gasteiger partial charge >= 0.3 is 0 Å². The standard InChI is InChI=1S/C22H32N4OS.HI/c1-4-20-9-10-21(28-20)15-25-22(23-5-2)24-14-17-11-12-26(16-17)18-7-6-8-19(13-18)27-3;/h6-10,13,17H,4-5,11-12,14-16H2,1-3H3,(H2,23,24,25);1H. The fraction of sp³-hybridized carbons (Fsp3) is 0.500. The Bertz CT molecular complexity index is 780. The maximum Gasteiger partial charge on any atom is 0.191 e. The van der Waals surface area contributed by atoms with Crippen LogP contribution in [0.25, 0.3) is 0 Å². The molecule has 2 aromatic rings. The summed E-state index contributed by atoms with van der Waals surface area (Å²) in [5, 5.41) is 6.91. The summed E-state index contributed by atoms with van der Waals surface area (Å²) >= 11 is 1.86. The van der Waals surface area contributed by atoms with E-state index in [0.717, 1.165) is 50.9 Å². The van der Waals surface area contributed by atoms with Gasteiger partial charge in [-0.1, -0.05) is 13.0 Å². The molecular formula is C22H33IN4OS. The van der Waals surface area contributed by atoms with Crippen molar-refractivity contribution >= 4 is 47.0 Å². The van der Waals surface area contributed by atoms with Crippen LogP contribution in [0.15, 0.2) is 41.4 Å². The highest BCUT2D eigenvalue weighted by Gasteiger charge is 2.23. The fourth-order valence-corrected chi connectivity index (χ4v) is 4.36. The smallest absolute Gasteiger partial charge is 0.191 e. The van der Waals surface area contributed by atoms with Crippen LogP contribution in [0.3, 0.4) is 0 Å². The lowest BCUT2D eigenvalue weighted by atomic mass is 10.1. The van der Waals surface area contributed by atoms with Gasteiger partial charge in [0, 0.05) is 47.7 Å². The van der Waals surface area contributed by atoms with Crippen molar-refractivity contribution in [1.29, 1.82) is 0 Å². The van der Waals surface area contributed by atoms with Gasteiger partial charge in [-0.15, -0.1) is 35.3 Å². The third-order valence-electron chi connectivity index (χ3n) is 5.07. The van der Waals surface area contributed by atoms with Crippen LogP contribution >= 0.6 is 35.3 Å². The SMILES string of the molecule is CCNC(=NCc1ccc(CC)s1)NCC1CCN(c2cccc(OC)c2)C1.I. The lowest BCUT2D eigenvalue weighted by Crippen LogP contribution is -2.40. The molecule has 1 aromatic heterocycles. The average molecular weight is 529 g/mol. The summed E-state index contributed by atoms with van der Waals surface area (Å²) in [6, 6.07) is 12.7. The highest BCUT2D eigenvalue weighted by atomic mass is 127. The maximum atomic E-state index is 5.36. The summed E-state index contributed by atoms with van der Waals surface area (Å²) in [4.78, 5) is 9.95. The van der Waals surface area contributed by atoms with E-state index in [1.54, 1.807) is 7.11 Å². The first-order chi connectivity index (χ1) is 13.7. The Morgan fingerprint density at radius 1 is 1.21 bits per heavy atom. The topological polar surface area (TPSA) is 48.9 Å². The van der Waals surface area contributed by atoms with Gasteiger partial charge in [-0.25, -0.2) is 4.99 Å². The third kappa shape index (κ3) is 7.06. The van der Waals surface area contributed by atoms with Crippen LogP contribution in [0.2, 0.25) is 0 Å². The number of hydrogen-bond acceptors (Lipinski definition) is 4. The van der Waals surface area contributed by atoms with Crippen LogP contribution in [0, 0.1) is 5.92 Å². The quantitative estimate of drug-likeness (QED) is 0.301. The molecule has 29 heavy (non-hydrogen) atoms. The molecule has 1 unspecified atom stereocenters. The zero-order chi connectivity index (χ0) is 19.8. The Balaban J connectivity index is 0.00000300. The second-order valence-corrected chi connectivity index (χ2v) is 8.35. The van der Waals surface area contributed by atoms with E-state index in [9.17, 15) is 0 Å². The Hall–Kier alpha value is -1.48. The number of nitrogens with zero attached hydrogens (tertiary/aromatic N) is 2. The van der Waals surface area contributed by atoms with Crippen molar-refractivity contribution in [3.05, 3.63) is 46.2 Å². The second-order valence-electron chi connectivity index (χ2n) is 7.10. The van der Waals surface area contributed by atoms with E-state index < -0.39 is 0 Å². The van der Waals surface area contributed by atoms with Gasteiger partial charge < -0.3 is 20.3 Å². The van der Waals surface area contributed by atoms with Gasteiger partial charge in [-0.2, -0.15) is 0 Å². The molecule has 0 bridgehead atoms. The Labute approximate surface area is 196 Å². The minimum Gasteiger partial charge on any atom is -0.497 e. The number of ether oxygens (including phenoxy) is 1. The molecule has 0 aliphatic carbocycles. The van der Waals surface area contributed by atoms with Gasteiger partial charge in [0.15, 0.2) is 5.96 Å². The molecule has 7 heteroatoms. The zero-order valence-corrected chi connectivity index (χ0v) is 20.8. The number of anilines is 1. The first-order valence-electron chi connectivity index (χ1n) is 10.2. The molecule has 3 rings (SSSR count). The van der Waals surface area contributed by atoms with E-state index >= 15 is 0 Å². The zero-order valence-electron chi connectivity index (χ0n) is 17.6. The molecular weight excluding hydrogens is 495 g/mol. The van der Waals surface area contributed by atoms with Crippen LogP contribution in [0.1, 0.15) is 30.0 Å². The normalized spacial score (nSPS) is 16.4. The van der Waals surface area contributed by atoms with E-state index in [-0.39, 0.29) is 24.0 Å². The Kier molecular flexibility index (Phi) is 10.1. The van der Waals surface area contributed by atoms with Crippen LogP contribution in [-0.2, 0) is 13.0 Å². The monoisotopic (exact) mass is 528 g/mol. The van der Waals surface area contributed by atoms with E-state index in [1.165, 1.54) is 21.9 Å². The number of rotatable bonds is 8. The molecule has 1 aliphatic heterocycles. The summed E-state index contributed by atoms with van der Waals surface area (Å²) < 4.78 is 5.36. The molecule has 0 amide bonds. The number of aliphatic imine (C=N–C) groups is 1. The number of thiophene rings is 1. The summed E-state index contributed by atoms with van der Waals surface area (Å²) in [5.74, 6) is 2.44. The van der Waals surface area contributed by atoms with E-state index in [4.69, 9.17) is 9.73 Å². The molecule has 1 atom stereocenters. The maximum absolute atomic E-state index is 5.36. The molecule has 1 aliphatic rings. The molecule has 0 saturated carbocycles. The van der Waals surface area contributed by atoms with Crippen molar-refractivity contribution in [2.45, 2.75) is 33.2 Å². The second kappa shape index (κ2) is 12.3. The van der Waals surface area contributed by atoms with Crippen LogP contribution < -0.4 is 20.3 Å². The van der Waals surface area contributed by atoms with Crippen molar-refractivity contribution in [2.75, 3.05) is 38.2 Å². The minimum absolute atomic E-state index is 0. The minimum atomic E-state index is 0. The van der Waals surface area contributed by atoms with Gasteiger partial charge in [-0.05, 0) is 49.9 Å². The number of hydrogen-bond donors (Lipinski definition) is 2. The molecule has 2 N–H and O–H groups in total. The molecule has 1 fully saturated rings. The number of halogens is 1. The highest BCUT2D eigenvalue weighted by Crippen LogP contribution is 2.26. The summed E-state index contributed by atoms with van der Waals surface area (Å²) in [7, 11) is 1.72. The third-order valence-corrected chi connectivity index (χ3v) is 6.28. The van der Waals surface area contributed by atoms with Crippen molar-refractivity contribution < 1.29 is 4.74 Å². The fourth-order valence-electron chi connectivity index (χ4n) is 3.48. The van der Waals surface area contributed by atoms with Gasteiger partial charge in [-0.3, -0.25) is 0 Å². The van der Waals surface area contributed by atoms with Crippen molar-refractivity contribution in [3.63, 3.8) is 0 Å². The number of nitrogens with one attached hydrogen (secondary N) is 2. The summed E-state index contributed by atoms with van der Waals surface area (Å²) in [6.07, 6.45) is 2.28. The Morgan fingerprint density at radius 2 is 2.03 bits per heavy atom. The number of methoxy groups -OCH3 is 1. The van der Waals surface area contributed by atoms with E-state index in [2.05, 4.69) is 59.7 Å². The first kappa shape index (κ1) is 23.8. The number of guanidine groups is 1. The molecule has 5 nitrogen and oxygen atoms in total. The summed E-state index contributed by atoms with van der Waals surface area (Å²) in [6.45, 7) is 9.00. The van der Waals surface area contributed by atoms with Crippen LogP contribution in [0.4, 0.5) is 5.69 Å².